The Morgan fingerprint density at radius 1 is 1.47 bits per heavy atom. The fraction of sp³-hybridized carbons (Fsp3) is 0.357. The molecule has 1 atom stereocenters. The molecule has 0 bridgehead atoms. The van der Waals surface area contributed by atoms with Crippen molar-refractivity contribution in [2.75, 3.05) is 13.1 Å². The molecule has 96 valence electrons. The first kappa shape index (κ1) is 11.7. The van der Waals surface area contributed by atoms with Crippen LogP contribution in [-0.4, -0.2) is 33.5 Å². The number of amides is 1. The van der Waals surface area contributed by atoms with Gasteiger partial charge in [-0.3, -0.25) is 4.79 Å². The standard InChI is InChI=1S/C14H14N4O/c15-8-11-4-3-6-17(10-11)14(19)12-9-16-18-7-2-1-5-13(12)18/h1-2,5,7,9,11H,3-4,6,10H2. The normalized spacial score (nSPS) is 19.3. The number of likely N-dealkylation sites (tertiary alicyclic amines) is 1. The van der Waals surface area contributed by atoms with E-state index in [2.05, 4.69) is 11.2 Å². The molecule has 1 unspecified atom stereocenters. The van der Waals surface area contributed by atoms with Gasteiger partial charge in [-0.15, -0.1) is 0 Å². The van der Waals surface area contributed by atoms with Gasteiger partial charge in [0.1, 0.15) is 0 Å². The molecule has 1 aliphatic rings. The molecule has 1 fully saturated rings. The van der Waals surface area contributed by atoms with Crippen LogP contribution in [-0.2, 0) is 0 Å². The van der Waals surface area contributed by atoms with Gasteiger partial charge in [0.25, 0.3) is 5.91 Å². The van der Waals surface area contributed by atoms with Crippen molar-refractivity contribution in [1.82, 2.24) is 14.5 Å². The Kier molecular flexibility index (Phi) is 2.92. The first-order chi connectivity index (χ1) is 9.29. The van der Waals surface area contributed by atoms with E-state index in [-0.39, 0.29) is 11.8 Å². The number of carbonyl (C=O) groups excluding carboxylic acids is 1. The van der Waals surface area contributed by atoms with Crippen molar-refractivity contribution in [3.63, 3.8) is 0 Å². The Hall–Kier alpha value is -2.35. The highest BCUT2D eigenvalue weighted by Crippen LogP contribution is 2.19. The van der Waals surface area contributed by atoms with Gasteiger partial charge in [0.15, 0.2) is 0 Å². The van der Waals surface area contributed by atoms with Gasteiger partial charge in [0.2, 0.25) is 0 Å². The Balaban J connectivity index is 1.90. The van der Waals surface area contributed by atoms with Gasteiger partial charge in [0, 0.05) is 19.3 Å². The summed E-state index contributed by atoms with van der Waals surface area (Å²) in [5.74, 6) is -0.0688. The van der Waals surface area contributed by atoms with Gasteiger partial charge in [0.05, 0.1) is 29.3 Å². The third-order valence-electron chi connectivity index (χ3n) is 3.55. The Labute approximate surface area is 111 Å². The fourth-order valence-electron chi connectivity index (χ4n) is 2.54. The number of carbonyl (C=O) groups is 1. The van der Waals surface area contributed by atoms with Gasteiger partial charge in [-0.1, -0.05) is 6.07 Å². The van der Waals surface area contributed by atoms with E-state index in [1.54, 1.807) is 15.6 Å². The van der Waals surface area contributed by atoms with Crippen molar-refractivity contribution in [3.05, 3.63) is 36.2 Å². The molecular weight excluding hydrogens is 240 g/mol. The summed E-state index contributed by atoms with van der Waals surface area (Å²) in [5, 5.41) is 13.2. The SMILES string of the molecule is N#CC1CCCN(C(=O)c2cnn3ccccc23)C1. The summed E-state index contributed by atoms with van der Waals surface area (Å²) in [7, 11) is 0. The van der Waals surface area contributed by atoms with Crippen molar-refractivity contribution >= 4 is 11.4 Å². The van der Waals surface area contributed by atoms with Crippen molar-refractivity contribution < 1.29 is 4.79 Å². The smallest absolute Gasteiger partial charge is 0.257 e. The second-order valence-electron chi connectivity index (χ2n) is 4.81. The lowest BCUT2D eigenvalue weighted by molar-refractivity contribution is 0.0701. The molecule has 5 heteroatoms. The number of nitriles is 1. The maximum absolute atomic E-state index is 12.5. The largest absolute Gasteiger partial charge is 0.337 e. The molecule has 2 aromatic rings. The van der Waals surface area contributed by atoms with E-state index in [9.17, 15) is 4.79 Å². The Bertz CT molecular complexity index is 655. The molecule has 1 aliphatic heterocycles. The van der Waals surface area contributed by atoms with Crippen LogP contribution in [0.15, 0.2) is 30.6 Å². The number of fused-ring (bicyclic) bond motifs is 1. The highest BCUT2D eigenvalue weighted by Gasteiger charge is 2.25. The molecular formula is C14H14N4O. The topological polar surface area (TPSA) is 61.4 Å². The predicted molar refractivity (Wildman–Crippen MR) is 69.4 cm³/mol. The average Bonchev–Trinajstić information content (AvgIpc) is 2.90. The summed E-state index contributed by atoms with van der Waals surface area (Å²) < 4.78 is 1.69. The van der Waals surface area contributed by atoms with Crippen LogP contribution >= 0.6 is 0 Å². The lowest BCUT2D eigenvalue weighted by atomic mass is 9.99. The molecule has 0 saturated carbocycles. The zero-order chi connectivity index (χ0) is 13.2. The second kappa shape index (κ2) is 4.73. The van der Waals surface area contributed by atoms with Crippen LogP contribution in [0.5, 0.6) is 0 Å². The third kappa shape index (κ3) is 2.06. The van der Waals surface area contributed by atoms with Gasteiger partial charge in [-0.05, 0) is 25.0 Å². The van der Waals surface area contributed by atoms with Crippen LogP contribution in [0.1, 0.15) is 23.2 Å². The molecule has 0 aromatic carbocycles. The van der Waals surface area contributed by atoms with E-state index in [0.717, 1.165) is 24.9 Å². The maximum atomic E-state index is 12.5. The van der Waals surface area contributed by atoms with Crippen LogP contribution in [0.4, 0.5) is 0 Å². The van der Waals surface area contributed by atoms with Crippen LogP contribution < -0.4 is 0 Å². The minimum atomic E-state index is -0.0421. The number of hydrogen-bond donors (Lipinski definition) is 0. The molecule has 0 aliphatic carbocycles. The number of pyridine rings is 1. The molecule has 0 spiro atoms. The molecule has 5 nitrogen and oxygen atoms in total. The molecule has 0 N–H and O–H groups in total. The minimum Gasteiger partial charge on any atom is -0.337 e. The zero-order valence-corrected chi connectivity index (χ0v) is 10.5. The average molecular weight is 254 g/mol. The zero-order valence-electron chi connectivity index (χ0n) is 10.5. The molecule has 3 heterocycles. The van der Waals surface area contributed by atoms with E-state index in [0.29, 0.717) is 12.1 Å². The number of rotatable bonds is 1. The van der Waals surface area contributed by atoms with Gasteiger partial charge < -0.3 is 4.90 Å². The van der Waals surface area contributed by atoms with Crippen molar-refractivity contribution in [1.29, 1.82) is 5.26 Å². The molecule has 0 radical (unpaired) electrons. The third-order valence-corrected chi connectivity index (χ3v) is 3.55. The lowest BCUT2D eigenvalue weighted by Crippen LogP contribution is -2.39. The first-order valence-corrected chi connectivity index (χ1v) is 6.41. The highest BCUT2D eigenvalue weighted by molar-refractivity contribution is 6.00. The Morgan fingerprint density at radius 3 is 3.21 bits per heavy atom. The lowest BCUT2D eigenvalue weighted by Gasteiger charge is -2.29. The van der Waals surface area contributed by atoms with Crippen LogP contribution in [0, 0.1) is 17.2 Å². The quantitative estimate of drug-likeness (QED) is 0.778. The van der Waals surface area contributed by atoms with E-state index in [1.165, 1.54) is 0 Å². The summed E-state index contributed by atoms with van der Waals surface area (Å²) >= 11 is 0. The number of hydrogen-bond acceptors (Lipinski definition) is 3. The van der Waals surface area contributed by atoms with Crippen molar-refractivity contribution in [3.8, 4) is 6.07 Å². The van der Waals surface area contributed by atoms with Crippen LogP contribution in [0.3, 0.4) is 0 Å². The van der Waals surface area contributed by atoms with Crippen LogP contribution in [0.2, 0.25) is 0 Å². The van der Waals surface area contributed by atoms with E-state index >= 15 is 0 Å². The maximum Gasteiger partial charge on any atom is 0.257 e. The number of aromatic nitrogens is 2. The minimum absolute atomic E-state index is 0.0267. The first-order valence-electron chi connectivity index (χ1n) is 6.41. The predicted octanol–water partition coefficient (Wildman–Crippen LogP) is 1.71. The molecule has 2 aromatic heterocycles. The highest BCUT2D eigenvalue weighted by atomic mass is 16.2. The van der Waals surface area contributed by atoms with E-state index in [1.807, 2.05) is 24.4 Å². The van der Waals surface area contributed by atoms with E-state index < -0.39 is 0 Å². The molecule has 19 heavy (non-hydrogen) atoms. The molecule has 1 saturated heterocycles. The van der Waals surface area contributed by atoms with Crippen LogP contribution in [0.25, 0.3) is 5.52 Å². The molecule has 3 rings (SSSR count). The second-order valence-corrected chi connectivity index (χ2v) is 4.81. The molecule has 1 amide bonds. The summed E-state index contributed by atoms with van der Waals surface area (Å²) in [6, 6.07) is 7.90. The van der Waals surface area contributed by atoms with E-state index in [4.69, 9.17) is 5.26 Å². The monoisotopic (exact) mass is 254 g/mol. The summed E-state index contributed by atoms with van der Waals surface area (Å²) in [6.45, 7) is 1.25. The van der Waals surface area contributed by atoms with Crippen molar-refractivity contribution in [2.45, 2.75) is 12.8 Å². The van der Waals surface area contributed by atoms with Gasteiger partial charge >= 0.3 is 0 Å². The van der Waals surface area contributed by atoms with Crippen molar-refractivity contribution in [2.24, 2.45) is 5.92 Å². The number of nitrogens with zero attached hydrogens (tertiary/aromatic N) is 4. The summed E-state index contributed by atoms with van der Waals surface area (Å²) in [4.78, 5) is 14.3. The fourth-order valence-corrected chi connectivity index (χ4v) is 2.54. The summed E-state index contributed by atoms with van der Waals surface area (Å²) in [6.07, 6.45) is 5.20. The van der Waals surface area contributed by atoms with Gasteiger partial charge in [-0.2, -0.15) is 10.4 Å². The number of piperidine rings is 1. The van der Waals surface area contributed by atoms with Gasteiger partial charge in [-0.25, -0.2) is 4.52 Å². The Morgan fingerprint density at radius 2 is 2.37 bits per heavy atom. The summed E-state index contributed by atoms with van der Waals surface area (Å²) in [5.41, 5.74) is 1.42.